The molecule has 2 heterocycles. The van der Waals surface area contributed by atoms with E-state index in [1.54, 1.807) is 28.3 Å². The monoisotopic (exact) mass is 303 g/mol. The third-order valence-electron chi connectivity index (χ3n) is 3.02. The van der Waals surface area contributed by atoms with Crippen molar-refractivity contribution < 1.29 is 8.42 Å². The Bertz CT molecular complexity index is 505. The molecular weight excluding hydrogens is 282 g/mol. The van der Waals surface area contributed by atoms with Crippen LogP contribution in [0, 0.1) is 0 Å². The van der Waals surface area contributed by atoms with E-state index in [9.17, 15) is 8.42 Å². The lowest BCUT2D eigenvalue weighted by molar-refractivity contribution is 0.443. The van der Waals surface area contributed by atoms with Crippen LogP contribution in [0.5, 0.6) is 0 Å². The van der Waals surface area contributed by atoms with E-state index in [4.69, 9.17) is 0 Å². The summed E-state index contributed by atoms with van der Waals surface area (Å²) in [6.07, 6.45) is 1.59. The highest BCUT2D eigenvalue weighted by Crippen LogP contribution is 2.20. The molecule has 0 spiro atoms. The van der Waals surface area contributed by atoms with Crippen molar-refractivity contribution in [3.8, 4) is 0 Å². The van der Waals surface area contributed by atoms with Gasteiger partial charge < -0.3 is 10.3 Å². The standard InChI is InChI=1S/C12H21N3O2S2/c1-10(2)13-8-11-7-12(9-14-11)19(16,17)15-3-5-18-6-4-15/h7,9-10,13-14H,3-6,8H2,1-2H3. The fourth-order valence-corrected chi connectivity index (χ4v) is 4.51. The van der Waals surface area contributed by atoms with Gasteiger partial charge in [-0.05, 0) is 6.07 Å². The first kappa shape index (κ1) is 14.9. The van der Waals surface area contributed by atoms with Crippen LogP contribution in [-0.4, -0.2) is 48.3 Å². The molecule has 1 fully saturated rings. The molecule has 5 nitrogen and oxygen atoms in total. The van der Waals surface area contributed by atoms with Gasteiger partial charge in [-0.2, -0.15) is 16.1 Å². The normalized spacial score (nSPS) is 18.1. The maximum atomic E-state index is 12.4. The lowest BCUT2D eigenvalue weighted by atomic mass is 10.3. The van der Waals surface area contributed by atoms with Crippen molar-refractivity contribution in [1.82, 2.24) is 14.6 Å². The minimum atomic E-state index is -3.32. The second-order valence-corrected chi connectivity index (χ2v) is 8.08. The second-order valence-electron chi connectivity index (χ2n) is 4.91. The smallest absolute Gasteiger partial charge is 0.244 e. The molecule has 108 valence electrons. The Morgan fingerprint density at radius 3 is 2.74 bits per heavy atom. The zero-order valence-electron chi connectivity index (χ0n) is 11.3. The molecule has 0 aliphatic carbocycles. The Hall–Kier alpha value is -0.500. The van der Waals surface area contributed by atoms with Crippen LogP contribution in [-0.2, 0) is 16.6 Å². The van der Waals surface area contributed by atoms with E-state index >= 15 is 0 Å². The summed E-state index contributed by atoms with van der Waals surface area (Å²) in [4.78, 5) is 3.41. The van der Waals surface area contributed by atoms with E-state index in [1.165, 1.54) is 0 Å². The molecule has 7 heteroatoms. The summed E-state index contributed by atoms with van der Waals surface area (Å²) in [5.74, 6) is 1.76. The number of aromatic nitrogens is 1. The number of sulfonamides is 1. The molecule has 0 amide bonds. The highest BCUT2D eigenvalue weighted by molar-refractivity contribution is 7.99. The first-order valence-corrected chi connectivity index (χ1v) is 9.08. The molecule has 0 radical (unpaired) electrons. The Morgan fingerprint density at radius 2 is 2.11 bits per heavy atom. The van der Waals surface area contributed by atoms with E-state index < -0.39 is 10.0 Å². The summed E-state index contributed by atoms with van der Waals surface area (Å²) in [5, 5.41) is 3.26. The van der Waals surface area contributed by atoms with Crippen LogP contribution in [0.25, 0.3) is 0 Å². The molecule has 0 aromatic carbocycles. The quantitative estimate of drug-likeness (QED) is 0.859. The summed E-state index contributed by atoms with van der Waals surface area (Å²) in [7, 11) is -3.32. The molecule has 0 saturated carbocycles. The van der Waals surface area contributed by atoms with Crippen LogP contribution in [0.2, 0.25) is 0 Å². The fourth-order valence-electron chi connectivity index (χ4n) is 1.92. The number of thioether (sulfide) groups is 1. The number of rotatable bonds is 5. The summed E-state index contributed by atoms with van der Waals surface area (Å²) in [6, 6.07) is 2.11. The molecule has 1 aromatic heterocycles. The Morgan fingerprint density at radius 1 is 1.42 bits per heavy atom. The zero-order chi connectivity index (χ0) is 13.9. The van der Waals surface area contributed by atoms with Crippen LogP contribution in [0.3, 0.4) is 0 Å². The summed E-state index contributed by atoms with van der Waals surface area (Å²) in [5.41, 5.74) is 0.902. The van der Waals surface area contributed by atoms with E-state index in [2.05, 4.69) is 24.1 Å². The minimum absolute atomic E-state index is 0.375. The third-order valence-corrected chi connectivity index (χ3v) is 5.84. The molecule has 0 bridgehead atoms. The van der Waals surface area contributed by atoms with Crippen molar-refractivity contribution in [3.63, 3.8) is 0 Å². The van der Waals surface area contributed by atoms with Crippen molar-refractivity contribution in [2.24, 2.45) is 0 Å². The first-order valence-electron chi connectivity index (χ1n) is 6.49. The Balaban J connectivity index is 2.08. The summed E-state index contributed by atoms with van der Waals surface area (Å²) in [6.45, 7) is 6.00. The van der Waals surface area contributed by atoms with Gasteiger partial charge in [-0.1, -0.05) is 13.8 Å². The topological polar surface area (TPSA) is 65.2 Å². The van der Waals surface area contributed by atoms with Crippen LogP contribution < -0.4 is 5.32 Å². The van der Waals surface area contributed by atoms with Gasteiger partial charge in [-0.25, -0.2) is 8.42 Å². The molecule has 2 N–H and O–H groups in total. The molecule has 1 saturated heterocycles. The number of H-pyrrole nitrogens is 1. The molecular formula is C12H21N3O2S2. The average molecular weight is 303 g/mol. The predicted octanol–water partition coefficient (Wildman–Crippen LogP) is 1.25. The van der Waals surface area contributed by atoms with E-state index in [0.29, 0.717) is 30.6 Å². The molecule has 19 heavy (non-hydrogen) atoms. The van der Waals surface area contributed by atoms with Crippen LogP contribution >= 0.6 is 11.8 Å². The lowest BCUT2D eigenvalue weighted by Gasteiger charge is -2.24. The van der Waals surface area contributed by atoms with Gasteiger partial charge in [0.15, 0.2) is 0 Å². The highest BCUT2D eigenvalue weighted by atomic mass is 32.2. The summed E-state index contributed by atoms with van der Waals surface area (Å²) >= 11 is 1.80. The third kappa shape index (κ3) is 3.75. The minimum Gasteiger partial charge on any atom is -0.363 e. The maximum Gasteiger partial charge on any atom is 0.244 e. The van der Waals surface area contributed by atoms with Gasteiger partial charge >= 0.3 is 0 Å². The number of nitrogens with zero attached hydrogens (tertiary/aromatic N) is 1. The van der Waals surface area contributed by atoms with Crippen LogP contribution in [0.4, 0.5) is 0 Å². The van der Waals surface area contributed by atoms with Crippen LogP contribution in [0.15, 0.2) is 17.2 Å². The van der Waals surface area contributed by atoms with Crippen molar-refractivity contribution >= 4 is 21.8 Å². The fraction of sp³-hybridized carbons (Fsp3) is 0.667. The Labute approximate surface area is 119 Å². The number of hydrogen-bond acceptors (Lipinski definition) is 4. The van der Waals surface area contributed by atoms with E-state index in [1.807, 2.05) is 0 Å². The largest absolute Gasteiger partial charge is 0.363 e. The molecule has 0 atom stereocenters. The SMILES string of the molecule is CC(C)NCc1cc(S(=O)(=O)N2CCSCC2)c[nH]1. The van der Waals surface area contributed by atoms with E-state index in [-0.39, 0.29) is 0 Å². The molecule has 1 aliphatic heterocycles. The van der Waals surface area contributed by atoms with E-state index in [0.717, 1.165) is 17.2 Å². The number of nitrogens with one attached hydrogen (secondary N) is 2. The first-order chi connectivity index (χ1) is 9.00. The van der Waals surface area contributed by atoms with Crippen molar-refractivity contribution in [1.29, 1.82) is 0 Å². The number of hydrogen-bond donors (Lipinski definition) is 2. The van der Waals surface area contributed by atoms with Crippen molar-refractivity contribution in [3.05, 3.63) is 18.0 Å². The maximum absolute atomic E-state index is 12.4. The van der Waals surface area contributed by atoms with Gasteiger partial charge in [0.1, 0.15) is 0 Å². The van der Waals surface area contributed by atoms with Gasteiger partial charge in [0.25, 0.3) is 0 Å². The molecule has 2 rings (SSSR count). The molecule has 1 aromatic rings. The second kappa shape index (κ2) is 6.30. The van der Waals surface area contributed by atoms with Gasteiger partial charge in [-0.3, -0.25) is 0 Å². The van der Waals surface area contributed by atoms with Crippen LogP contribution in [0.1, 0.15) is 19.5 Å². The molecule has 0 unspecified atom stereocenters. The van der Waals surface area contributed by atoms with Crippen molar-refractivity contribution in [2.75, 3.05) is 24.6 Å². The predicted molar refractivity (Wildman–Crippen MR) is 78.9 cm³/mol. The van der Waals surface area contributed by atoms with Gasteiger partial charge in [0.05, 0.1) is 4.90 Å². The zero-order valence-corrected chi connectivity index (χ0v) is 13.0. The van der Waals surface area contributed by atoms with Gasteiger partial charge in [0, 0.05) is 49.1 Å². The van der Waals surface area contributed by atoms with Crippen molar-refractivity contribution in [2.45, 2.75) is 31.3 Å². The van der Waals surface area contributed by atoms with Gasteiger partial charge in [-0.15, -0.1) is 0 Å². The van der Waals surface area contributed by atoms with Gasteiger partial charge in [0.2, 0.25) is 10.0 Å². The highest BCUT2D eigenvalue weighted by Gasteiger charge is 2.26. The number of aromatic amines is 1. The summed E-state index contributed by atoms with van der Waals surface area (Å²) < 4.78 is 26.4. The lowest BCUT2D eigenvalue weighted by Crippen LogP contribution is -2.37. The molecule has 1 aliphatic rings. The Kier molecular flexibility index (Phi) is 4.94. The average Bonchev–Trinajstić information content (AvgIpc) is 2.87.